The normalized spacial score (nSPS) is 14.8. The van der Waals surface area contributed by atoms with E-state index in [2.05, 4.69) is 4.98 Å². The van der Waals surface area contributed by atoms with E-state index in [1.54, 1.807) is 28.1 Å². The summed E-state index contributed by atoms with van der Waals surface area (Å²) in [6.07, 6.45) is 1.52. The van der Waals surface area contributed by atoms with E-state index in [1.165, 1.54) is 4.90 Å². The Bertz CT molecular complexity index is 880. The minimum Gasteiger partial charge on any atom is -0.497 e. The van der Waals surface area contributed by atoms with Crippen LogP contribution < -0.4 is 4.74 Å². The van der Waals surface area contributed by atoms with E-state index in [0.717, 1.165) is 24.2 Å². The molecule has 28 heavy (non-hydrogen) atoms. The van der Waals surface area contributed by atoms with Gasteiger partial charge in [-0.05, 0) is 50.5 Å². The van der Waals surface area contributed by atoms with Crippen LogP contribution in [-0.2, 0) is 0 Å². The molecule has 0 radical (unpaired) electrons. The SMILES string of the molecule is COc1ccc(C(=O)N2CCC(c3nc(C(=O)N(C)C)c(C)o3)CC2)c(C)c1. The van der Waals surface area contributed by atoms with E-state index in [9.17, 15) is 9.59 Å². The van der Waals surface area contributed by atoms with Crippen molar-refractivity contribution < 1.29 is 18.7 Å². The average molecular weight is 385 g/mol. The van der Waals surface area contributed by atoms with Crippen LogP contribution in [0.1, 0.15) is 56.8 Å². The molecule has 150 valence electrons. The van der Waals surface area contributed by atoms with Gasteiger partial charge >= 0.3 is 0 Å². The van der Waals surface area contributed by atoms with Gasteiger partial charge in [0.15, 0.2) is 11.6 Å². The Balaban J connectivity index is 1.67. The fourth-order valence-corrected chi connectivity index (χ4v) is 3.50. The summed E-state index contributed by atoms with van der Waals surface area (Å²) in [7, 11) is 5.01. The Morgan fingerprint density at radius 2 is 1.89 bits per heavy atom. The van der Waals surface area contributed by atoms with E-state index in [1.807, 2.05) is 30.0 Å². The van der Waals surface area contributed by atoms with Crippen LogP contribution in [0.2, 0.25) is 0 Å². The van der Waals surface area contributed by atoms with Crippen molar-refractivity contribution >= 4 is 11.8 Å². The predicted octanol–water partition coefficient (Wildman–Crippen LogP) is 3.02. The molecule has 1 saturated heterocycles. The zero-order valence-corrected chi connectivity index (χ0v) is 17.1. The lowest BCUT2D eigenvalue weighted by molar-refractivity contribution is 0.0705. The van der Waals surface area contributed by atoms with Crippen molar-refractivity contribution in [2.24, 2.45) is 0 Å². The van der Waals surface area contributed by atoms with Gasteiger partial charge in [0.1, 0.15) is 11.5 Å². The molecule has 0 aliphatic carbocycles. The molecule has 1 aliphatic heterocycles. The molecular formula is C21H27N3O4. The van der Waals surface area contributed by atoms with E-state index >= 15 is 0 Å². The minimum absolute atomic E-state index is 0.0330. The van der Waals surface area contributed by atoms with Gasteiger partial charge in [-0.3, -0.25) is 9.59 Å². The monoisotopic (exact) mass is 385 g/mol. The third-order valence-corrected chi connectivity index (χ3v) is 5.22. The van der Waals surface area contributed by atoms with Gasteiger partial charge in [-0.15, -0.1) is 0 Å². The maximum absolute atomic E-state index is 12.9. The molecule has 0 spiro atoms. The Labute approximate surface area is 165 Å². The fourth-order valence-electron chi connectivity index (χ4n) is 3.50. The topological polar surface area (TPSA) is 75.9 Å². The van der Waals surface area contributed by atoms with Crippen molar-refractivity contribution in [3.8, 4) is 5.75 Å². The van der Waals surface area contributed by atoms with Crippen molar-refractivity contribution in [1.29, 1.82) is 0 Å². The summed E-state index contributed by atoms with van der Waals surface area (Å²) in [6, 6.07) is 5.50. The molecule has 1 aromatic heterocycles. The van der Waals surface area contributed by atoms with Crippen molar-refractivity contribution in [2.45, 2.75) is 32.6 Å². The first kappa shape index (κ1) is 19.9. The number of likely N-dealkylation sites (tertiary alicyclic amines) is 1. The zero-order chi connectivity index (χ0) is 20.4. The molecule has 7 heteroatoms. The van der Waals surface area contributed by atoms with Crippen LogP contribution in [0.15, 0.2) is 22.6 Å². The molecule has 0 saturated carbocycles. The molecule has 3 rings (SSSR count). The lowest BCUT2D eigenvalue weighted by Gasteiger charge is -2.31. The average Bonchev–Trinajstić information content (AvgIpc) is 3.08. The number of carbonyl (C=O) groups is 2. The van der Waals surface area contributed by atoms with Gasteiger partial charge in [0.2, 0.25) is 0 Å². The lowest BCUT2D eigenvalue weighted by Crippen LogP contribution is -2.38. The molecule has 1 aromatic carbocycles. The smallest absolute Gasteiger partial charge is 0.275 e. The quantitative estimate of drug-likeness (QED) is 0.809. The highest BCUT2D eigenvalue weighted by atomic mass is 16.5. The van der Waals surface area contributed by atoms with Gasteiger partial charge in [-0.2, -0.15) is 0 Å². The molecule has 2 aromatic rings. The summed E-state index contributed by atoms with van der Waals surface area (Å²) >= 11 is 0. The van der Waals surface area contributed by atoms with Crippen LogP contribution in [0.25, 0.3) is 0 Å². The number of hydrogen-bond donors (Lipinski definition) is 0. The number of piperidine rings is 1. The van der Waals surface area contributed by atoms with E-state index in [4.69, 9.17) is 9.15 Å². The highest BCUT2D eigenvalue weighted by Crippen LogP contribution is 2.30. The first-order chi connectivity index (χ1) is 13.3. The van der Waals surface area contributed by atoms with Crippen LogP contribution in [0.5, 0.6) is 5.75 Å². The first-order valence-electron chi connectivity index (χ1n) is 9.44. The van der Waals surface area contributed by atoms with Gasteiger partial charge < -0.3 is 19.0 Å². The van der Waals surface area contributed by atoms with E-state index in [0.29, 0.717) is 36.0 Å². The van der Waals surface area contributed by atoms with E-state index in [-0.39, 0.29) is 17.7 Å². The lowest BCUT2D eigenvalue weighted by atomic mass is 9.96. The molecule has 0 bridgehead atoms. The number of aryl methyl sites for hydroxylation is 2. The zero-order valence-electron chi connectivity index (χ0n) is 17.1. The molecule has 1 aliphatic rings. The second-order valence-electron chi connectivity index (χ2n) is 7.40. The molecular weight excluding hydrogens is 358 g/mol. The molecule has 1 fully saturated rings. The van der Waals surface area contributed by atoms with Crippen LogP contribution in [-0.4, -0.2) is 60.9 Å². The summed E-state index contributed by atoms with van der Waals surface area (Å²) in [5.74, 6) is 1.87. The highest BCUT2D eigenvalue weighted by molar-refractivity contribution is 5.96. The number of aromatic nitrogens is 1. The fraction of sp³-hybridized carbons (Fsp3) is 0.476. The highest BCUT2D eigenvalue weighted by Gasteiger charge is 2.29. The van der Waals surface area contributed by atoms with Crippen molar-refractivity contribution in [2.75, 3.05) is 34.3 Å². The van der Waals surface area contributed by atoms with E-state index < -0.39 is 0 Å². The number of rotatable bonds is 4. The van der Waals surface area contributed by atoms with Crippen molar-refractivity contribution in [3.05, 3.63) is 46.7 Å². The summed E-state index contributed by atoms with van der Waals surface area (Å²) < 4.78 is 11.0. The molecule has 7 nitrogen and oxygen atoms in total. The van der Waals surface area contributed by atoms with Crippen molar-refractivity contribution in [1.82, 2.24) is 14.8 Å². The number of benzene rings is 1. The number of carbonyl (C=O) groups excluding carboxylic acids is 2. The molecule has 2 heterocycles. The first-order valence-corrected chi connectivity index (χ1v) is 9.44. The Morgan fingerprint density at radius 3 is 2.46 bits per heavy atom. The number of methoxy groups -OCH3 is 1. The van der Waals surface area contributed by atoms with Gasteiger partial charge in [0, 0.05) is 38.7 Å². The molecule has 2 amide bonds. The number of nitrogens with zero attached hydrogens (tertiary/aromatic N) is 3. The maximum atomic E-state index is 12.9. The second-order valence-corrected chi connectivity index (χ2v) is 7.40. The molecule has 0 atom stereocenters. The Morgan fingerprint density at radius 1 is 1.21 bits per heavy atom. The van der Waals surface area contributed by atoms with Gasteiger partial charge in [0.05, 0.1) is 7.11 Å². The third kappa shape index (κ3) is 3.88. The predicted molar refractivity (Wildman–Crippen MR) is 105 cm³/mol. The van der Waals surface area contributed by atoms with Crippen LogP contribution >= 0.6 is 0 Å². The second kappa shape index (κ2) is 8.04. The van der Waals surface area contributed by atoms with Gasteiger partial charge in [-0.1, -0.05) is 0 Å². The number of oxazole rings is 1. The van der Waals surface area contributed by atoms with Gasteiger partial charge in [0.25, 0.3) is 11.8 Å². The molecule has 0 unspecified atom stereocenters. The van der Waals surface area contributed by atoms with Crippen LogP contribution in [0.3, 0.4) is 0 Å². The molecule has 0 N–H and O–H groups in total. The van der Waals surface area contributed by atoms with Crippen molar-refractivity contribution in [3.63, 3.8) is 0 Å². The van der Waals surface area contributed by atoms with Gasteiger partial charge in [-0.25, -0.2) is 4.98 Å². The largest absolute Gasteiger partial charge is 0.497 e. The third-order valence-electron chi connectivity index (χ3n) is 5.22. The summed E-state index contributed by atoms with van der Waals surface area (Å²) in [5, 5.41) is 0. The standard InChI is InChI=1S/C21H27N3O4/c1-13-12-16(27-5)6-7-17(13)20(25)24-10-8-15(9-11-24)19-22-18(14(2)28-19)21(26)23(3)4/h6-7,12,15H,8-11H2,1-5H3. The number of ether oxygens (including phenoxy) is 1. The number of hydrogen-bond acceptors (Lipinski definition) is 5. The van der Waals surface area contributed by atoms with Crippen LogP contribution in [0.4, 0.5) is 0 Å². The summed E-state index contributed by atoms with van der Waals surface area (Å²) in [5.41, 5.74) is 1.97. The summed E-state index contributed by atoms with van der Waals surface area (Å²) in [6.45, 7) is 4.94. The minimum atomic E-state index is -0.157. The summed E-state index contributed by atoms with van der Waals surface area (Å²) in [4.78, 5) is 32.9. The Hall–Kier alpha value is -2.83. The number of amides is 2. The maximum Gasteiger partial charge on any atom is 0.275 e. The Kier molecular flexibility index (Phi) is 5.72. The van der Waals surface area contributed by atoms with Crippen LogP contribution in [0, 0.1) is 13.8 Å².